The number of hydrogen-bond acceptors (Lipinski definition) is 4. The Balaban J connectivity index is 2.44. The normalized spacial score (nSPS) is 17.3. The molecule has 4 nitrogen and oxygen atoms in total. The van der Waals surface area contributed by atoms with Gasteiger partial charge in [-0.05, 0) is 39.0 Å². The van der Waals surface area contributed by atoms with E-state index in [4.69, 9.17) is 4.74 Å². The van der Waals surface area contributed by atoms with Gasteiger partial charge in [0, 0.05) is 25.2 Å². The predicted molar refractivity (Wildman–Crippen MR) is 78.1 cm³/mol. The van der Waals surface area contributed by atoms with E-state index in [0.717, 1.165) is 19.5 Å². The summed E-state index contributed by atoms with van der Waals surface area (Å²) in [5, 5.41) is 3.39. The standard InChI is InChI=1S/C15H30N2O2/c1-11(2)10-17(12(3)4)9-8-14(15(18)19-5)16-13-6-7-13/h11-14,16H,6-10H2,1-5H3. The maximum atomic E-state index is 11.8. The highest BCUT2D eigenvalue weighted by molar-refractivity contribution is 5.75. The lowest BCUT2D eigenvalue weighted by Crippen LogP contribution is -2.43. The number of nitrogens with one attached hydrogen (secondary N) is 1. The number of carbonyl (C=O) groups excluding carboxylic acids is 1. The fourth-order valence-electron chi connectivity index (χ4n) is 2.27. The molecule has 0 saturated heterocycles. The van der Waals surface area contributed by atoms with Gasteiger partial charge in [-0.2, -0.15) is 0 Å². The molecule has 0 aromatic rings. The van der Waals surface area contributed by atoms with Crippen molar-refractivity contribution < 1.29 is 9.53 Å². The van der Waals surface area contributed by atoms with Gasteiger partial charge in [0.1, 0.15) is 6.04 Å². The summed E-state index contributed by atoms with van der Waals surface area (Å²) >= 11 is 0. The molecule has 1 aliphatic carbocycles. The average molecular weight is 270 g/mol. The van der Waals surface area contributed by atoms with Gasteiger partial charge in [0.2, 0.25) is 0 Å². The minimum atomic E-state index is -0.147. The van der Waals surface area contributed by atoms with Crippen molar-refractivity contribution in [3.63, 3.8) is 0 Å². The summed E-state index contributed by atoms with van der Waals surface area (Å²) in [6, 6.07) is 0.897. The van der Waals surface area contributed by atoms with Crippen molar-refractivity contribution in [3.05, 3.63) is 0 Å². The van der Waals surface area contributed by atoms with Crippen molar-refractivity contribution in [2.75, 3.05) is 20.2 Å². The third-order valence-corrected chi connectivity index (χ3v) is 3.53. The molecule has 112 valence electrons. The number of ether oxygens (including phenoxy) is 1. The van der Waals surface area contributed by atoms with E-state index in [-0.39, 0.29) is 12.0 Å². The van der Waals surface area contributed by atoms with Crippen LogP contribution in [0.2, 0.25) is 0 Å². The summed E-state index contributed by atoms with van der Waals surface area (Å²) in [6.07, 6.45) is 3.20. The first-order valence-electron chi connectivity index (χ1n) is 7.52. The van der Waals surface area contributed by atoms with Gasteiger partial charge >= 0.3 is 5.97 Å². The van der Waals surface area contributed by atoms with Crippen molar-refractivity contribution >= 4 is 5.97 Å². The van der Waals surface area contributed by atoms with Crippen LogP contribution in [0.3, 0.4) is 0 Å². The van der Waals surface area contributed by atoms with Crippen molar-refractivity contribution in [1.82, 2.24) is 10.2 Å². The summed E-state index contributed by atoms with van der Waals surface area (Å²) in [7, 11) is 1.47. The van der Waals surface area contributed by atoms with E-state index in [1.165, 1.54) is 20.0 Å². The Morgan fingerprint density at radius 1 is 1.32 bits per heavy atom. The number of nitrogens with zero attached hydrogens (tertiary/aromatic N) is 1. The molecule has 1 aliphatic rings. The smallest absolute Gasteiger partial charge is 0.322 e. The minimum absolute atomic E-state index is 0.125. The first-order valence-corrected chi connectivity index (χ1v) is 7.52. The van der Waals surface area contributed by atoms with E-state index in [2.05, 4.69) is 37.9 Å². The molecule has 0 aliphatic heterocycles. The van der Waals surface area contributed by atoms with Crippen molar-refractivity contribution in [2.45, 2.75) is 65.1 Å². The van der Waals surface area contributed by atoms with Crippen LogP contribution in [0.5, 0.6) is 0 Å². The first kappa shape index (κ1) is 16.4. The van der Waals surface area contributed by atoms with Crippen LogP contribution in [0, 0.1) is 5.92 Å². The minimum Gasteiger partial charge on any atom is -0.468 e. The second-order valence-corrected chi connectivity index (χ2v) is 6.29. The largest absolute Gasteiger partial charge is 0.468 e. The highest BCUT2D eigenvalue weighted by Crippen LogP contribution is 2.20. The number of methoxy groups -OCH3 is 1. The van der Waals surface area contributed by atoms with Crippen LogP contribution < -0.4 is 5.32 Å². The zero-order chi connectivity index (χ0) is 14.4. The number of carbonyl (C=O) groups is 1. The zero-order valence-corrected chi connectivity index (χ0v) is 13.1. The maximum Gasteiger partial charge on any atom is 0.322 e. The molecule has 4 heteroatoms. The van der Waals surface area contributed by atoms with E-state index in [1.807, 2.05) is 0 Å². The molecule has 1 rings (SSSR count). The van der Waals surface area contributed by atoms with E-state index in [0.29, 0.717) is 18.0 Å². The molecular formula is C15H30N2O2. The molecule has 1 fully saturated rings. The highest BCUT2D eigenvalue weighted by Gasteiger charge is 2.29. The van der Waals surface area contributed by atoms with Gasteiger partial charge in [-0.1, -0.05) is 13.8 Å². The summed E-state index contributed by atoms with van der Waals surface area (Å²) < 4.78 is 4.89. The van der Waals surface area contributed by atoms with Crippen molar-refractivity contribution in [2.24, 2.45) is 5.92 Å². The lowest BCUT2D eigenvalue weighted by Gasteiger charge is -2.29. The highest BCUT2D eigenvalue weighted by atomic mass is 16.5. The van der Waals surface area contributed by atoms with Crippen LogP contribution in [-0.2, 0) is 9.53 Å². The Kier molecular flexibility index (Phi) is 6.80. The second kappa shape index (κ2) is 7.85. The van der Waals surface area contributed by atoms with E-state index in [1.54, 1.807) is 0 Å². The lowest BCUT2D eigenvalue weighted by molar-refractivity contribution is -0.143. The van der Waals surface area contributed by atoms with Crippen LogP contribution in [0.25, 0.3) is 0 Å². The van der Waals surface area contributed by atoms with Gasteiger partial charge in [-0.15, -0.1) is 0 Å². The zero-order valence-electron chi connectivity index (χ0n) is 13.1. The predicted octanol–water partition coefficient (Wildman–Crippen LogP) is 2.04. The van der Waals surface area contributed by atoms with Gasteiger partial charge in [0.25, 0.3) is 0 Å². The summed E-state index contributed by atoms with van der Waals surface area (Å²) in [6.45, 7) is 10.9. The van der Waals surface area contributed by atoms with Crippen LogP contribution >= 0.6 is 0 Å². The molecule has 0 heterocycles. The molecule has 1 N–H and O–H groups in total. The SMILES string of the molecule is COC(=O)C(CCN(CC(C)C)C(C)C)NC1CC1. The molecular weight excluding hydrogens is 240 g/mol. The summed E-state index contributed by atoms with van der Waals surface area (Å²) in [5.41, 5.74) is 0. The monoisotopic (exact) mass is 270 g/mol. The fraction of sp³-hybridized carbons (Fsp3) is 0.933. The topological polar surface area (TPSA) is 41.6 Å². The Morgan fingerprint density at radius 3 is 2.37 bits per heavy atom. The Morgan fingerprint density at radius 2 is 1.95 bits per heavy atom. The maximum absolute atomic E-state index is 11.8. The number of hydrogen-bond donors (Lipinski definition) is 1. The van der Waals surface area contributed by atoms with Gasteiger partial charge in [0.05, 0.1) is 7.11 Å². The van der Waals surface area contributed by atoms with Crippen LogP contribution in [0.4, 0.5) is 0 Å². The van der Waals surface area contributed by atoms with Crippen molar-refractivity contribution in [1.29, 1.82) is 0 Å². The molecule has 0 aromatic carbocycles. The third kappa shape index (κ3) is 6.39. The van der Waals surface area contributed by atoms with E-state index >= 15 is 0 Å². The van der Waals surface area contributed by atoms with Gasteiger partial charge in [0.15, 0.2) is 0 Å². The second-order valence-electron chi connectivity index (χ2n) is 6.29. The van der Waals surface area contributed by atoms with Crippen molar-refractivity contribution in [3.8, 4) is 0 Å². The molecule has 1 saturated carbocycles. The van der Waals surface area contributed by atoms with Crippen LogP contribution in [-0.4, -0.2) is 49.2 Å². The Bertz CT molecular complexity index is 275. The summed E-state index contributed by atoms with van der Waals surface area (Å²) in [5.74, 6) is 0.524. The molecule has 0 aromatic heterocycles. The van der Waals surface area contributed by atoms with Crippen LogP contribution in [0.1, 0.15) is 47.0 Å². The Labute approximate surface area is 117 Å². The van der Waals surface area contributed by atoms with Gasteiger partial charge < -0.3 is 15.0 Å². The molecule has 0 radical (unpaired) electrons. The van der Waals surface area contributed by atoms with Gasteiger partial charge in [-0.3, -0.25) is 4.79 Å². The molecule has 0 spiro atoms. The average Bonchev–Trinajstić information content (AvgIpc) is 3.14. The van der Waals surface area contributed by atoms with E-state index in [9.17, 15) is 4.79 Å². The molecule has 1 unspecified atom stereocenters. The molecule has 0 amide bonds. The number of esters is 1. The first-order chi connectivity index (χ1) is 8.93. The molecule has 0 bridgehead atoms. The quantitative estimate of drug-likeness (QED) is 0.651. The molecule has 1 atom stereocenters. The van der Waals surface area contributed by atoms with Gasteiger partial charge in [-0.25, -0.2) is 0 Å². The third-order valence-electron chi connectivity index (χ3n) is 3.53. The Hall–Kier alpha value is -0.610. The number of rotatable bonds is 9. The van der Waals surface area contributed by atoms with E-state index < -0.39 is 0 Å². The van der Waals surface area contributed by atoms with Crippen LogP contribution in [0.15, 0.2) is 0 Å². The molecule has 19 heavy (non-hydrogen) atoms. The summed E-state index contributed by atoms with van der Waals surface area (Å²) in [4.78, 5) is 14.2. The lowest BCUT2D eigenvalue weighted by atomic mass is 10.1. The fourth-order valence-corrected chi connectivity index (χ4v) is 2.27.